The van der Waals surface area contributed by atoms with Crippen molar-refractivity contribution in [3.63, 3.8) is 0 Å². The molecule has 0 bridgehead atoms. The first-order valence-electron chi connectivity index (χ1n) is 0.913. The van der Waals surface area contributed by atoms with Gasteiger partial charge in [0.05, 0.1) is 0 Å². The summed E-state index contributed by atoms with van der Waals surface area (Å²) in [7, 11) is 0. The van der Waals surface area contributed by atoms with Crippen molar-refractivity contribution in [2.24, 2.45) is 0 Å². The van der Waals surface area contributed by atoms with Crippen LogP contribution >= 0.6 is 0 Å². The van der Waals surface area contributed by atoms with Gasteiger partial charge in [0.15, 0.2) is 0 Å². The molecule has 7 heteroatoms. The van der Waals surface area contributed by atoms with Crippen LogP contribution in [0.4, 0.5) is 0 Å². The fourth-order valence-corrected chi connectivity index (χ4v) is 0. The van der Waals surface area contributed by atoms with Gasteiger partial charge in [-0.1, -0.05) is 0 Å². The van der Waals surface area contributed by atoms with E-state index < -0.39 is 15.7 Å². The number of hydrogen-bond donors (Lipinski definition) is 0. The number of rotatable bonds is 0. The van der Waals surface area contributed by atoms with E-state index >= 15 is 0 Å². The monoisotopic (exact) mass is 320 g/mol. The Balaban J connectivity index is 0. The number of hydrogen-bond acceptors (Lipinski definition) is 5. The van der Waals surface area contributed by atoms with Gasteiger partial charge >= 0.3 is 31.9 Å². The predicted octanol–water partition coefficient (Wildman–Crippen LogP) is -0.599. The third-order valence-electron chi connectivity index (χ3n) is 0. The Labute approximate surface area is 48.9 Å². The first-order valence-corrected chi connectivity index (χ1v) is 7.47. The molecule has 0 aromatic heterocycles. The zero-order valence-corrected chi connectivity index (χ0v) is 7.08. The summed E-state index contributed by atoms with van der Waals surface area (Å²) in [4.78, 5) is 0. The molecule has 0 atom stereocenters. The van der Waals surface area contributed by atoms with Crippen molar-refractivity contribution < 1.29 is 48.7 Å². The third kappa shape index (κ3) is 1850. The molecule has 0 amide bonds. The first kappa shape index (κ1) is 10.3. The standard InChI is InChI=1S/Co.5O.Ta. The molecule has 44 valence electrons. The van der Waals surface area contributed by atoms with Crippen LogP contribution in [0.5, 0.6) is 0 Å². The molecule has 7 heavy (non-hydrogen) atoms. The van der Waals surface area contributed by atoms with E-state index in [4.69, 9.17) is 16.3 Å². The van der Waals surface area contributed by atoms with Gasteiger partial charge in [-0.2, -0.15) is 0 Å². The maximum absolute atomic E-state index is 8.67. The summed E-state index contributed by atoms with van der Waals surface area (Å²) >= 11 is -8.05. The van der Waals surface area contributed by atoms with E-state index in [1.165, 1.54) is 0 Å². The average molecular weight is 320 g/mol. The van der Waals surface area contributed by atoms with Crippen LogP contribution in [0.1, 0.15) is 0 Å². The van der Waals surface area contributed by atoms with Gasteiger partial charge < -0.3 is 0 Å². The normalized spacial score (nSPS) is 8.57. The molecule has 1 radical (unpaired) electrons. The second-order valence-corrected chi connectivity index (χ2v) is 6.10. The van der Waals surface area contributed by atoms with Gasteiger partial charge in [-0.3, -0.25) is 0 Å². The first-order chi connectivity index (χ1) is 2.24. The molecular weight excluding hydrogens is 320 g/mol. The summed E-state index contributed by atoms with van der Waals surface area (Å²) < 4.78 is 43.4. The maximum atomic E-state index is 8.67. The van der Waals surface area contributed by atoms with Crippen LogP contribution in [0, 0.1) is 0 Å². The van der Waals surface area contributed by atoms with Gasteiger partial charge in [0, 0.05) is 16.8 Å². The molecule has 0 saturated carbocycles. The van der Waals surface area contributed by atoms with Crippen molar-refractivity contribution in [1.29, 1.82) is 0 Å². The quantitative estimate of drug-likeness (QED) is 0.595. The van der Waals surface area contributed by atoms with Crippen molar-refractivity contribution in [2.45, 2.75) is 0 Å². The summed E-state index contributed by atoms with van der Waals surface area (Å²) in [6, 6.07) is 0. The molecule has 0 heterocycles. The van der Waals surface area contributed by atoms with Crippen molar-refractivity contribution in [3.8, 4) is 0 Å². The molecule has 0 aliphatic heterocycles. The molecule has 0 aromatic rings. The van der Waals surface area contributed by atoms with Crippen LogP contribution in [0.2, 0.25) is 0 Å². The van der Waals surface area contributed by atoms with E-state index in [1.54, 1.807) is 0 Å². The van der Waals surface area contributed by atoms with Gasteiger partial charge in [0.25, 0.3) is 0 Å². The summed E-state index contributed by atoms with van der Waals surface area (Å²) in [5, 5.41) is 0. The minimum atomic E-state index is -8.05. The molecule has 0 spiro atoms. The van der Waals surface area contributed by atoms with Crippen molar-refractivity contribution in [1.82, 2.24) is 0 Å². The second-order valence-electron chi connectivity index (χ2n) is 0.745. The van der Waals surface area contributed by atoms with Crippen LogP contribution in [-0.2, 0) is 48.7 Å². The average Bonchev–Trinajstić information content (AvgIpc) is 0.650. The van der Waals surface area contributed by atoms with Gasteiger partial charge in [-0.25, -0.2) is 0 Å². The second kappa shape index (κ2) is 1.64. The zero-order chi connectivity index (χ0) is 5.45. The Morgan fingerprint density at radius 3 is 0.714 bits per heavy atom. The van der Waals surface area contributed by atoms with E-state index in [2.05, 4.69) is 0 Å². The van der Waals surface area contributed by atoms with E-state index in [1.807, 2.05) is 0 Å². The predicted molar refractivity (Wildman–Crippen MR) is 3.43 cm³/mol. The molecular formula is CoO5Ta. The van der Waals surface area contributed by atoms with Gasteiger partial charge in [0.2, 0.25) is 0 Å². The Kier molecular flexibility index (Phi) is 2.40. The minimum absolute atomic E-state index is 0. The summed E-state index contributed by atoms with van der Waals surface area (Å²) in [6.45, 7) is 0. The third-order valence-corrected chi connectivity index (χ3v) is 0. The zero-order valence-electron chi connectivity index (χ0n) is 2.82. The van der Waals surface area contributed by atoms with Gasteiger partial charge in [-0.15, -0.1) is 0 Å². The Hall–Kier alpha value is 0.247. The van der Waals surface area contributed by atoms with Gasteiger partial charge in [0.1, 0.15) is 0 Å². The molecule has 0 fully saturated rings. The molecule has 0 aromatic carbocycles. The summed E-state index contributed by atoms with van der Waals surface area (Å²) in [6.07, 6.45) is 0. The Morgan fingerprint density at radius 2 is 0.714 bits per heavy atom. The van der Waals surface area contributed by atoms with Crippen LogP contribution in [0.25, 0.3) is 0 Å². The molecule has 0 saturated heterocycles. The van der Waals surface area contributed by atoms with Crippen molar-refractivity contribution in [2.75, 3.05) is 0 Å². The molecule has 0 aliphatic carbocycles. The summed E-state index contributed by atoms with van der Waals surface area (Å²) in [5.41, 5.74) is 0. The molecule has 0 aliphatic rings. The fraction of sp³-hybridized carbons (Fsp3) is 0. The topological polar surface area (TPSA) is 85.3 Å². The molecule has 0 rings (SSSR count). The SMILES string of the molecule is [Co].[O]=[Ta](=[O])(=[O])(=[O])=[O]. The van der Waals surface area contributed by atoms with Crippen LogP contribution < -0.4 is 0 Å². The van der Waals surface area contributed by atoms with Crippen LogP contribution in [0.3, 0.4) is 0 Å². The summed E-state index contributed by atoms with van der Waals surface area (Å²) in [5.74, 6) is 0. The van der Waals surface area contributed by atoms with Crippen LogP contribution in [0.15, 0.2) is 0 Å². The van der Waals surface area contributed by atoms with E-state index in [9.17, 15) is 0 Å². The molecule has 5 nitrogen and oxygen atoms in total. The van der Waals surface area contributed by atoms with E-state index in [0.29, 0.717) is 0 Å². The van der Waals surface area contributed by atoms with Crippen molar-refractivity contribution in [3.05, 3.63) is 0 Å². The Bertz CT molecular complexity index is 278. The Morgan fingerprint density at radius 1 is 0.714 bits per heavy atom. The van der Waals surface area contributed by atoms with Crippen molar-refractivity contribution >= 4 is 0 Å². The van der Waals surface area contributed by atoms with E-state index in [0.717, 1.165) is 0 Å². The fourth-order valence-electron chi connectivity index (χ4n) is 0. The van der Waals surface area contributed by atoms with E-state index in [-0.39, 0.29) is 16.8 Å². The molecule has 0 unspecified atom stereocenters. The van der Waals surface area contributed by atoms with Crippen LogP contribution in [-0.4, -0.2) is 0 Å². The molecule has 0 N–H and O–H groups in total. The van der Waals surface area contributed by atoms with Gasteiger partial charge in [-0.05, 0) is 0 Å².